The smallest absolute Gasteiger partial charge is 0.0626 e. The fourth-order valence-electron chi connectivity index (χ4n) is 0.957. The van der Waals surface area contributed by atoms with Crippen molar-refractivity contribution in [2.75, 3.05) is 13.2 Å². The van der Waals surface area contributed by atoms with Gasteiger partial charge in [-0.3, -0.25) is 4.99 Å². The molecule has 0 amide bonds. The molecule has 2 heteroatoms. The van der Waals surface area contributed by atoms with Crippen LogP contribution < -0.4 is 0 Å². The van der Waals surface area contributed by atoms with Gasteiger partial charge in [0.1, 0.15) is 0 Å². The third kappa shape index (κ3) is 6.05. The summed E-state index contributed by atoms with van der Waals surface area (Å²) in [5, 5.41) is 8.53. The molecule has 0 saturated heterocycles. The molecule has 0 spiro atoms. The second kappa shape index (κ2) is 7.73. The number of nitrogens with zero attached hydrogens (tertiary/aromatic N) is 1. The van der Waals surface area contributed by atoms with E-state index in [9.17, 15) is 0 Å². The van der Waals surface area contributed by atoms with Crippen LogP contribution in [0.4, 0.5) is 0 Å². The topological polar surface area (TPSA) is 32.6 Å². The van der Waals surface area contributed by atoms with Crippen molar-refractivity contribution < 1.29 is 5.11 Å². The van der Waals surface area contributed by atoms with Crippen LogP contribution in [-0.4, -0.2) is 24.0 Å². The zero-order valence-electron chi connectivity index (χ0n) is 7.64. The predicted molar refractivity (Wildman–Crippen MR) is 49.2 cm³/mol. The van der Waals surface area contributed by atoms with Gasteiger partial charge in [-0.1, -0.05) is 20.3 Å². The highest BCUT2D eigenvalue weighted by atomic mass is 16.3. The minimum Gasteiger partial charge on any atom is -0.394 e. The van der Waals surface area contributed by atoms with Crippen LogP contribution in [0.1, 0.15) is 39.5 Å². The SMILES string of the molecule is CCCCC(CC)=NCCO. The van der Waals surface area contributed by atoms with Crippen molar-refractivity contribution in [1.82, 2.24) is 0 Å². The van der Waals surface area contributed by atoms with E-state index < -0.39 is 0 Å². The van der Waals surface area contributed by atoms with Crippen molar-refractivity contribution in [1.29, 1.82) is 0 Å². The maximum absolute atomic E-state index is 8.53. The highest BCUT2D eigenvalue weighted by Gasteiger charge is 1.93. The Labute approximate surface area is 69.3 Å². The molecule has 1 N–H and O–H groups in total. The van der Waals surface area contributed by atoms with Crippen molar-refractivity contribution in [3.63, 3.8) is 0 Å². The van der Waals surface area contributed by atoms with E-state index in [4.69, 9.17) is 5.11 Å². The van der Waals surface area contributed by atoms with E-state index in [0.717, 1.165) is 12.8 Å². The number of aliphatic hydroxyl groups excluding tert-OH is 1. The zero-order valence-corrected chi connectivity index (χ0v) is 7.64. The third-order valence-corrected chi connectivity index (χ3v) is 1.66. The van der Waals surface area contributed by atoms with Crippen LogP contribution in [-0.2, 0) is 0 Å². The summed E-state index contributed by atoms with van der Waals surface area (Å²) < 4.78 is 0. The van der Waals surface area contributed by atoms with E-state index in [0.29, 0.717) is 6.54 Å². The molecule has 11 heavy (non-hydrogen) atoms. The lowest BCUT2D eigenvalue weighted by molar-refractivity contribution is 0.306. The fourth-order valence-corrected chi connectivity index (χ4v) is 0.957. The highest BCUT2D eigenvalue weighted by Crippen LogP contribution is 2.00. The van der Waals surface area contributed by atoms with Gasteiger partial charge >= 0.3 is 0 Å². The van der Waals surface area contributed by atoms with Gasteiger partial charge in [0.15, 0.2) is 0 Å². The molecule has 0 aliphatic rings. The molecule has 0 bridgehead atoms. The van der Waals surface area contributed by atoms with Crippen LogP contribution in [0.2, 0.25) is 0 Å². The lowest BCUT2D eigenvalue weighted by Gasteiger charge is -2.01. The van der Waals surface area contributed by atoms with Gasteiger partial charge in [-0.05, 0) is 19.3 Å². The molecule has 0 fully saturated rings. The molecule has 0 aliphatic heterocycles. The molecule has 2 nitrogen and oxygen atoms in total. The normalized spacial score (nSPS) is 12.1. The molecular formula is C9H19NO. The third-order valence-electron chi connectivity index (χ3n) is 1.66. The van der Waals surface area contributed by atoms with E-state index in [-0.39, 0.29) is 6.61 Å². The van der Waals surface area contributed by atoms with Crippen molar-refractivity contribution in [2.45, 2.75) is 39.5 Å². The van der Waals surface area contributed by atoms with Gasteiger partial charge in [-0.15, -0.1) is 0 Å². The lowest BCUT2D eigenvalue weighted by atomic mass is 10.1. The standard InChI is InChI=1S/C9H19NO/c1-3-5-6-9(4-2)10-7-8-11/h11H,3-8H2,1-2H3. The summed E-state index contributed by atoms with van der Waals surface area (Å²) in [4.78, 5) is 4.26. The first-order valence-corrected chi connectivity index (χ1v) is 4.48. The quantitative estimate of drug-likeness (QED) is 0.588. The summed E-state index contributed by atoms with van der Waals surface area (Å²) in [6.07, 6.45) is 4.57. The Morgan fingerprint density at radius 1 is 1.36 bits per heavy atom. The molecule has 0 aliphatic carbocycles. The molecule has 0 saturated carbocycles. The first-order chi connectivity index (χ1) is 5.35. The van der Waals surface area contributed by atoms with Gasteiger partial charge in [-0.2, -0.15) is 0 Å². The summed E-state index contributed by atoms with van der Waals surface area (Å²) >= 11 is 0. The number of unbranched alkanes of at least 4 members (excludes halogenated alkanes) is 1. The van der Waals surface area contributed by atoms with E-state index >= 15 is 0 Å². The Bertz CT molecular complexity index is 110. The molecule has 0 atom stereocenters. The maximum Gasteiger partial charge on any atom is 0.0626 e. The molecule has 0 aromatic heterocycles. The van der Waals surface area contributed by atoms with Gasteiger partial charge in [0.25, 0.3) is 0 Å². The average molecular weight is 157 g/mol. The Kier molecular flexibility index (Phi) is 7.47. The minimum atomic E-state index is 0.176. The molecule has 0 aromatic carbocycles. The second-order valence-corrected chi connectivity index (χ2v) is 2.63. The summed E-state index contributed by atoms with van der Waals surface area (Å²) in [6.45, 7) is 5.05. The van der Waals surface area contributed by atoms with Crippen molar-refractivity contribution >= 4 is 5.71 Å². The van der Waals surface area contributed by atoms with Crippen LogP contribution >= 0.6 is 0 Å². The van der Waals surface area contributed by atoms with Crippen LogP contribution in [0.3, 0.4) is 0 Å². The summed E-state index contributed by atoms with van der Waals surface area (Å²) in [5.41, 5.74) is 1.25. The monoisotopic (exact) mass is 157 g/mol. The Balaban J connectivity index is 3.55. The first kappa shape index (κ1) is 10.6. The van der Waals surface area contributed by atoms with Gasteiger partial charge in [0, 0.05) is 5.71 Å². The van der Waals surface area contributed by atoms with E-state index in [2.05, 4.69) is 18.8 Å². The molecule has 66 valence electrons. The van der Waals surface area contributed by atoms with E-state index in [1.54, 1.807) is 0 Å². The van der Waals surface area contributed by atoms with Gasteiger partial charge in [0.05, 0.1) is 13.2 Å². The maximum atomic E-state index is 8.53. The molecular weight excluding hydrogens is 138 g/mol. The first-order valence-electron chi connectivity index (χ1n) is 4.48. The van der Waals surface area contributed by atoms with Crippen molar-refractivity contribution in [2.24, 2.45) is 4.99 Å². The minimum absolute atomic E-state index is 0.176. The summed E-state index contributed by atoms with van der Waals surface area (Å²) in [6, 6.07) is 0. The van der Waals surface area contributed by atoms with E-state index in [1.807, 2.05) is 0 Å². The highest BCUT2D eigenvalue weighted by molar-refractivity contribution is 5.84. The number of aliphatic hydroxyl groups is 1. The molecule has 0 rings (SSSR count). The van der Waals surface area contributed by atoms with Gasteiger partial charge in [0.2, 0.25) is 0 Å². The van der Waals surface area contributed by atoms with Crippen LogP contribution in [0, 0.1) is 0 Å². The average Bonchev–Trinajstić information content (AvgIpc) is 2.05. The van der Waals surface area contributed by atoms with Crippen molar-refractivity contribution in [3.8, 4) is 0 Å². The Hall–Kier alpha value is -0.370. The van der Waals surface area contributed by atoms with Crippen LogP contribution in [0.25, 0.3) is 0 Å². The largest absolute Gasteiger partial charge is 0.394 e. The molecule has 0 radical (unpaired) electrons. The zero-order chi connectivity index (χ0) is 8.53. The van der Waals surface area contributed by atoms with Gasteiger partial charge < -0.3 is 5.11 Å². The molecule has 0 unspecified atom stereocenters. The number of hydrogen-bond donors (Lipinski definition) is 1. The summed E-state index contributed by atoms with van der Waals surface area (Å²) in [7, 11) is 0. The van der Waals surface area contributed by atoms with E-state index in [1.165, 1.54) is 18.6 Å². The fraction of sp³-hybridized carbons (Fsp3) is 0.889. The molecule has 0 heterocycles. The molecule has 0 aromatic rings. The van der Waals surface area contributed by atoms with Gasteiger partial charge in [-0.25, -0.2) is 0 Å². The van der Waals surface area contributed by atoms with Crippen LogP contribution in [0.15, 0.2) is 4.99 Å². The Morgan fingerprint density at radius 2 is 2.09 bits per heavy atom. The predicted octanol–water partition coefficient (Wildman–Crippen LogP) is 2.02. The van der Waals surface area contributed by atoms with Crippen LogP contribution in [0.5, 0.6) is 0 Å². The number of aliphatic imine (C=N–C) groups is 1. The lowest BCUT2D eigenvalue weighted by Crippen LogP contribution is -1.99. The number of rotatable bonds is 6. The number of hydrogen-bond acceptors (Lipinski definition) is 2. The second-order valence-electron chi connectivity index (χ2n) is 2.63. The Morgan fingerprint density at radius 3 is 2.55 bits per heavy atom. The summed E-state index contributed by atoms with van der Waals surface area (Å²) in [5.74, 6) is 0. The van der Waals surface area contributed by atoms with Crippen molar-refractivity contribution in [3.05, 3.63) is 0 Å².